The minimum Gasteiger partial charge on any atom is -0.484 e. The van der Waals surface area contributed by atoms with E-state index in [1.165, 1.54) is 59.5 Å². The molecule has 1 fully saturated rings. The maximum Gasteiger partial charge on any atom is 0.140 e. The Morgan fingerprint density at radius 1 is 0.969 bits per heavy atom. The fourth-order valence-electron chi connectivity index (χ4n) is 5.99. The Morgan fingerprint density at radius 2 is 1.78 bits per heavy atom. The number of hydrogen-bond donors (Lipinski definition) is 0. The second-order valence-corrected chi connectivity index (χ2v) is 9.93. The fourth-order valence-corrected chi connectivity index (χ4v) is 5.99. The zero-order valence-corrected chi connectivity index (χ0v) is 19.8. The van der Waals surface area contributed by atoms with Gasteiger partial charge in [-0.05, 0) is 107 Å². The number of likely N-dealkylation sites (tertiary alicyclic amines) is 1. The number of rotatable bonds is 6. The van der Waals surface area contributed by atoms with E-state index in [4.69, 9.17) is 9.73 Å². The lowest BCUT2D eigenvalue weighted by atomic mass is 9.91. The number of aryl methyl sites for hydroxylation is 1. The molecule has 168 valence electrons. The van der Waals surface area contributed by atoms with Gasteiger partial charge in [0, 0.05) is 5.71 Å². The number of ether oxygens (including phenoxy) is 1. The smallest absolute Gasteiger partial charge is 0.140 e. The first-order chi connectivity index (χ1) is 15.6. The van der Waals surface area contributed by atoms with Crippen LogP contribution in [0.15, 0.2) is 64.7 Å². The molecular formula is C29H36N2O. The number of dihydropyridines is 1. The molecular weight excluding hydrogens is 392 g/mol. The van der Waals surface area contributed by atoms with Gasteiger partial charge in [0.05, 0.1) is 12.1 Å². The Hall–Kier alpha value is -2.39. The van der Waals surface area contributed by atoms with E-state index in [2.05, 4.69) is 74.2 Å². The third-order valence-electron chi connectivity index (χ3n) is 7.54. The predicted octanol–water partition coefficient (Wildman–Crippen LogP) is 6.33. The minimum atomic E-state index is 0.124. The van der Waals surface area contributed by atoms with E-state index >= 15 is 0 Å². The van der Waals surface area contributed by atoms with E-state index in [9.17, 15) is 0 Å². The number of nitrogens with zero attached hydrogens (tertiary/aromatic N) is 2. The molecule has 5 rings (SSSR count). The van der Waals surface area contributed by atoms with Crippen molar-refractivity contribution in [1.82, 2.24) is 4.90 Å². The van der Waals surface area contributed by atoms with Crippen molar-refractivity contribution in [2.45, 2.75) is 77.5 Å². The van der Waals surface area contributed by atoms with Crippen LogP contribution in [0.5, 0.6) is 5.75 Å². The van der Waals surface area contributed by atoms with Crippen LogP contribution in [-0.4, -0.2) is 35.8 Å². The molecule has 0 amide bonds. The molecule has 3 nitrogen and oxygen atoms in total. The summed E-state index contributed by atoms with van der Waals surface area (Å²) in [5.41, 5.74) is 8.36. The molecule has 1 saturated heterocycles. The average Bonchev–Trinajstić information content (AvgIpc) is 3.42. The van der Waals surface area contributed by atoms with Crippen molar-refractivity contribution in [3.63, 3.8) is 0 Å². The lowest BCUT2D eigenvalue weighted by Gasteiger charge is -2.30. The molecule has 1 aliphatic carbocycles. The first kappa shape index (κ1) is 21.5. The second kappa shape index (κ2) is 9.23. The van der Waals surface area contributed by atoms with E-state index in [1.54, 1.807) is 0 Å². The molecule has 32 heavy (non-hydrogen) atoms. The highest BCUT2D eigenvalue weighted by molar-refractivity contribution is 5.99. The molecule has 0 aromatic heterocycles. The minimum absolute atomic E-state index is 0.124. The quantitative estimate of drug-likeness (QED) is 0.537. The molecule has 0 spiro atoms. The highest BCUT2D eigenvalue weighted by atomic mass is 16.5. The Morgan fingerprint density at radius 3 is 2.59 bits per heavy atom. The van der Waals surface area contributed by atoms with Crippen LogP contribution in [0.25, 0.3) is 0 Å². The summed E-state index contributed by atoms with van der Waals surface area (Å²) in [6.07, 6.45) is 7.03. The van der Waals surface area contributed by atoms with E-state index in [0.29, 0.717) is 12.1 Å². The van der Waals surface area contributed by atoms with Gasteiger partial charge in [-0.2, -0.15) is 0 Å². The predicted molar refractivity (Wildman–Crippen MR) is 133 cm³/mol. The molecule has 3 atom stereocenters. The van der Waals surface area contributed by atoms with Crippen molar-refractivity contribution in [2.24, 2.45) is 4.99 Å². The average molecular weight is 429 g/mol. The van der Waals surface area contributed by atoms with Gasteiger partial charge in [-0.3, -0.25) is 9.89 Å². The number of aliphatic imine (C=N–C) groups is 1. The molecule has 0 radical (unpaired) electrons. The molecule has 2 aromatic rings. The van der Waals surface area contributed by atoms with E-state index < -0.39 is 0 Å². The van der Waals surface area contributed by atoms with Crippen LogP contribution in [0.2, 0.25) is 0 Å². The maximum absolute atomic E-state index is 6.74. The Labute approximate surface area is 193 Å². The van der Waals surface area contributed by atoms with Crippen molar-refractivity contribution in [2.75, 3.05) is 13.1 Å². The van der Waals surface area contributed by atoms with Gasteiger partial charge >= 0.3 is 0 Å². The highest BCUT2D eigenvalue weighted by Gasteiger charge is 2.38. The van der Waals surface area contributed by atoms with Crippen LogP contribution < -0.4 is 4.74 Å². The van der Waals surface area contributed by atoms with Crippen molar-refractivity contribution in [3.05, 3.63) is 76.4 Å². The maximum atomic E-state index is 6.74. The molecule has 2 aliphatic heterocycles. The summed E-state index contributed by atoms with van der Waals surface area (Å²) in [7, 11) is 0. The van der Waals surface area contributed by atoms with Crippen molar-refractivity contribution in [1.29, 1.82) is 0 Å². The van der Waals surface area contributed by atoms with E-state index in [1.807, 2.05) is 0 Å². The number of fused-ring (bicyclic) bond motifs is 1. The molecule has 3 aliphatic rings. The normalized spacial score (nSPS) is 25.7. The van der Waals surface area contributed by atoms with Crippen molar-refractivity contribution < 1.29 is 4.74 Å². The van der Waals surface area contributed by atoms with Gasteiger partial charge in [-0.25, -0.2) is 0 Å². The molecule has 2 heterocycles. The zero-order valence-electron chi connectivity index (χ0n) is 19.8. The fraction of sp³-hybridized carbons (Fsp3) is 0.483. The van der Waals surface area contributed by atoms with Crippen LogP contribution in [0.1, 0.15) is 69.2 Å². The van der Waals surface area contributed by atoms with Gasteiger partial charge in [0.2, 0.25) is 0 Å². The van der Waals surface area contributed by atoms with Crippen molar-refractivity contribution in [3.8, 4) is 5.75 Å². The third-order valence-corrected chi connectivity index (χ3v) is 7.54. The first-order valence-corrected chi connectivity index (χ1v) is 12.4. The molecule has 3 heteroatoms. The summed E-state index contributed by atoms with van der Waals surface area (Å²) in [5, 5.41) is 0. The number of benzene rings is 2. The van der Waals surface area contributed by atoms with Gasteiger partial charge in [0.1, 0.15) is 11.9 Å². The standard InChI is InChI=1S/C29H36N2O/c1-20-17-21(2)30-22(3)26(20)14-13-23-9-8-11-25(18-23)32-29-27-12-5-4-10-24(27)19-28(29)31-15-6-7-16-31/h4-5,8-12,18,21,28-29H,6-7,13-17,19H2,1-3H3. The van der Waals surface area contributed by atoms with E-state index in [0.717, 1.165) is 31.4 Å². The molecule has 0 bridgehead atoms. The summed E-state index contributed by atoms with van der Waals surface area (Å²) in [6, 6.07) is 18.5. The van der Waals surface area contributed by atoms with Gasteiger partial charge in [0.15, 0.2) is 0 Å². The van der Waals surface area contributed by atoms with Crippen LogP contribution >= 0.6 is 0 Å². The molecule has 2 aromatic carbocycles. The first-order valence-electron chi connectivity index (χ1n) is 12.4. The lowest BCUT2D eigenvalue weighted by Crippen LogP contribution is -2.38. The van der Waals surface area contributed by atoms with E-state index in [-0.39, 0.29) is 6.10 Å². The Kier molecular flexibility index (Phi) is 6.19. The summed E-state index contributed by atoms with van der Waals surface area (Å²) >= 11 is 0. The monoisotopic (exact) mass is 428 g/mol. The van der Waals surface area contributed by atoms with Crippen molar-refractivity contribution >= 4 is 5.71 Å². The van der Waals surface area contributed by atoms with Gasteiger partial charge in [-0.1, -0.05) is 42.0 Å². The topological polar surface area (TPSA) is 24.8 Å². The summed E-state index contributed by atoms with van der Waals surface area (Å²) in [5.74, 6) is 1.00. The summed E-state index contributed by atoms with van der Waals surface area (Å²) < 4.78 is 6.74. The zero-order chi connectivity index (χ0) is 22.1. The molecule has 3 unspecified atom stereocenters. The SMILES string of the molecule is CC1=NC(C)CC(C)=C1CCc1cccc(OC2c3ccccc3CC2N2CCCC2)c1. The highest BCUT2D eigenvalue weighted by Crippen LogP contribution is 2.39. The van der Waals surface area contributed by atoms with Gasteiger partial charge in [-0.15, -0.1) is 0 Å². The summed E-state index contributed by atoms with van der Waals surface area (Å²) in [6.45, 7) is 9.06. The third kappa shape index (κ3) is 4.41. The Balaban J connectivity index is 1.32. The number of hydrogen-bond acceptors (Lipinski definition) is 3. The summed E-state index contributed by atoms with van der Waals surface area (Å²) in [4.78, 5) is 7.46. The van der Waals surface area contributed by atoms with Gasteiger partial charge in [0.25, 0.3) is 0 Å². The second-order valence-electron chi connectivity index (χ2n) is 9.93. The van der Waals surface area contributed by atoms with Crippen LogP contribution in [-0.2, 0) is 12.8 Å². The largest absolute Gasteiger partial charge is 0.484 e. The van der Waals surface area contributed by atoms with Crippen LogP contribution in [0.4, 0.5) is 0 Å². The van der Waals surface area contributed by atoms with Crippen LogP contribution in [0.3, 0.4) is 0 Å². The lowest BCUT2D eigenvalue weighted by molar-refractivity contribution is 0.0940. The Bertz CT molecular complexity index is 1030. The molecule has 0 N–H and O–H groups in total. The van der Waals surface area contributed by atoms with Gasteiger partial charge < -0.3 is 4.74 Å². The molecule has 0 saturated carbocycles. The number of allylic oxidation sites excluding steroid dienone is 1. The van der Waals surface area contributed by atoms with Crippen LogP contribution in [0, 0.1) is 0 Å².